The molecule has 0 saturated carbocycles. The van der Waals surface area contributed by atoms with Crippen LogP contribution in [0.1, 0.15) is 23.6 Å². The fraction of sp³-hybridized carbons (Fsp3) is 0.250. The number of sulfone groups is 1. The van der Waals surface area contributed by atoms with Crippen LogP contribution in [-0.4, -0.2) is 21.5 Å². The van der Waals surface area contributed by atoms with Crippen molar-refractivity contribution in [2.75, 3.05) is 12.4 Å². The molecule has 0 radical (unpaired) electrons. The fourth-order valence-electron chi connectivity index (χ4n) is 2.34. The Morgan fingerprint density at radius 1 is 1.08 bits per heavy atom. The Bertz CT molecular complexity index is 929. The molecule has 0 aromatic heterocycles. The van der Waals surface area contributed by atoms with Gasteiger partial charge in [0.05, 0.1) is 12.0 Å². The third-order valence-corrected chi connectivity index (χ3v) is 5.93. The van der Waals surface area contributed by atoms with E-state index in [0.717, 1.165) is 30.2 Å². The maximum Gasteiger partial charge on any atom is 0.351 e. The zero-order valence-corrected chi connectivity index (χ0v) is 16.2. The van der Waals surface area contributed by atoms with Crippen LogP contribution in [-0.2, 0) is 25.8 Å². The maximum atomic E-state index is 12.9. The van der Waals surface area contributed by atoms with Crippen molar-refractivity contribution in [2.45, 2.75) is 32.1 Å². The number of aryl methyl sites for hydroxylation is 3. The second-order valence-corrected chi connectivity index (χ2v) is 7.86. The summed E-state index contributed by atoms with van der Waals surface area (Å²) in [6, 6.07) is 12.3. The number of benzene rings is 2. The summed E-state index contributed by atoms with van der Waals surface area (Å²) in [5.41, 5.74) is 3.65. The number of carbonyl (C=O) groups is 1. The van der Waals surface area contributed by atoms with E-state index >= 15 is 0 Å². The minimum absolute atomic E-state index is 0.0559. The minimum atomic E-state index is -4.01. The number of rotatable bonds is 6. The van der Waals surface area contributed by atoms with Gasteiger partial charge in [0.1, 0.15) is 0 Å². The lowest BCUT2D eigenvalue weighted by Gasteiger charge is -2.10. The molecule has 2 aromatic rings. The summed E-state index contributed by atoms with van der Waals surface area (Å²) < 4.78 is 30.5. The second kappa shape index (κ2) is 8.19. The van der Waals surface area contributed by atoms with Gasteiger partial charge in [-0.1, -0.05) is 25.1 Å². The summed E-state index contributed by atoms with van der Waals surface area (Å²) in [6.07, 6.45) is 2.09. The van der Waals surface area contributed by atoms with Crippen LogP contribution in [0.15, 0.2) is 58.5 Å². The van der Waals surface area contributed by atoms with E-state index in [1.54, 1.807) is 12.1 Å². The van der Waals surface area contributed by atoms with Gasteiger partial charge in [0.15, 0.2) is 4.91 Å². The lowest BCUT2D eigenvalue weighted by Crippen LogP contribution is -2.17. The number of nitrogens with one attached hydrogen (secondary N) is 1. The van der Waals surface area contributed by atoms with Crippen molar-refractivity contribution in [1.29, 1.82) is 0 Å². The summed E-state index contributed by atoms with van der Waals surface area (Å²) in [6.45, 7) is 5.77. The van der Waals surface area contributed by atoms with Crippen LogP contribution in [0, 0.1) is 13.8 Å². The molecular formula is C20H23NO4S. The van der Waals surface area contributed by atoms with Crippen molar-refractivity contribution in [3.05, 3.63) is 70.3 Å². The molecule has 0 saturated heterocycles. The topological polar surface area (TPSA) is 72.5 Å². The van der Waals surface area contributed by atoms with Crippen LogP contribution in [0.3, 0.4) is 0 Å². The molecule has 0 spiro atoms. The molecule has 0 atom stereocenters. The molecule has 26 heavy (non-hydrogen) atoms. The summed E-state index contributed by atoms with van der Waals surface area (Å²) in [5.74, 6) is -0.916. The largest absolute Gasteiger partial charge is 0.465 e. The molecule has 2 rings (SSSR count). The van der Waals surface area contributed by atoms with Crippen molar-refractivity contribution in [3.8, 4) is 0 Å². The average Bonchev–Trinajstić information content (AvgIpc) is 2.64. The number of hydrogen-bond donors (Lipinski definition) is 1. The number of anilines is 1. The quantitative estimate of drug-likeness (QED) is 0.616. The molecular weight excluding hydrogens is 350 g/mol. The van der Waals surface area contributed by atoms with E-state index in [-0.39, 0.29) is 4.90 Å². The highest BCUT2D eigenvalue weighted by Crippen LogP contribution is 2.23. The first-order valence-corrected chi connectivity index (χ1v) is 9.74. The molecule has 0 aliphatic heterocycles. The zero-order valence-electron chi connectivity index (χ0n) is 15.4. The maximum absolute atomic E-state index is 12.9. The van der Waals surface area contributed by atoms with Crippen LogP contribution in [0.5, 0.6) is 0 Å². The van der Waals surface area contributed by atoms with Gasteiger partial charge >= 0.3 is 5.97 Å². The lowest BCUT2D eigenvalue weighted by atomic mass is 10.1. The van der Waals surface area contributed by atoms with E-state index < -0.39 is 20.7 Å². The molecule has 0 amide bonds. The van der Waals surface area contributed by atoms with Gasteiger partial charge in [0, 0.05) is 11.9 Å². The molecule has 138 valence electrons. The third-order valence-electron chi connectivity index (χ3n) is 4.20. The van der Waals surface area contributed by atoms with Gasteiger partial charge in [-0.3, -0.25) is 0 Å². The number of carbonyl (C=O) groups excluding carboxylic acids is 1. The van der Waals surface area contributed by atoms with E-state index in [0.29, 0.717) is 5.69 Å². The number of ether oxygens (including phenoxy) is 1. The molecule has 0 fully saturated rings. The standard InChI is InChI=1S/C20H23NO4S/c1-5-16-7-9-17(10-8-16)21-13-19(20(22)25-4)26(23,24)18-11-6-14(2)15(3)12-18/h6-13,21H,5H2,1-4H3/b19-13+. The molecule has 0 heterocycles. The van der Waals surface area contributed by atoms with Crippen LogP contribution < -0.4 is 5.32 Å². The summed E-state index contributed by atoms with van der Waals surface area (Å²) in [7, 11) is -2.86. The summed E-state index contributed by atoms with van der Waals surface area (Å²) >= 11 is 0. The summed E-state index contributed by atoms with van der Waals surface area (Å²) in [5, 5.41) is 2.87. The van der Waals surface area contributed by atoms with Gasteiger partial charge in [-0.05, 0) is 61.2 Å². The van der Waals surface area contributed by atoms with E-state index in [4.69, 9.17) is 0 Å². The van der Waals surface area contributed by atoms with Gasteiger partial charge in [0.2, 0.25) is 9.84 Å². The number of esters is 1. The molecule has 0 unspecified atom stereocenters. The van der Waals surface area contributed by atoms with Gasteiger partial charge in [-0.25, -0.2) is 13.2 Å². The SMILES string of the molecule is CCc1ccc(N/C=C(\C(=O)OC)S(=O)(=O)c2ccc(C)c(C)c2)cc1. The smallest absolute Gasteiger partial charge is 0.351 e. The van der Waals surface area contributed by atoms with E-state index in [9.17, 15) is 13.2 Å². The van der Waals surface area contributed by atoms with E-state index in [2.05, 4.69) is 10.1 Å². The highest BCUT2D eigenvalue weighted by Gasteiger charge is 2.28. The second-order valence-electron chi connectivity index (χ2n) is 5.94. The predicted molar refractivity (Wildman–Crippen MR) is 103 cm³/mol. The molecule has 2 aromatic carbocycles. The lowest BCUT2D eigenvalue weighted by molar-refractivity contribution is -0.135. The molecule has 0 aliphatic carbocycles. The van der Waals surface area contributed by atoms with Crippen molar-refractivity contribution in [2.24, 2.45) is 0 Å². The normalized spacial score (nSPS) is 11.9. The first-order valence-electron chi connectivity index (χ1n) is 8.26. The van der Waals surface area contributed by atoms with E-state index in [1.165, 1.54) is 12.3 Å². The van der Waals surface area contributed by atoms with Gasteiger partial charge in [-0.2, -0.15) is 0 Å². The van der Waals surface area contributed by atoms with E-state index in [1.807, 2.05) is 45.0 Å². The third kappa shape index (κ3) is 4.32. The highest BCUT2D eigenvalue weighted by molar-refractivity contribution is 7.96. The van der Waals surface area contributed by atoms with Crippen LogP contribution >= 0.6 is 0 Å². The van der Waals surface area contributed by atoms with Crippen molar-refractivity contribution < 1.29 is 17.9 Å². The Balaban J connectivity index is 2.41. The molecule has 5 nitrogen and oxygen atoms in total. The Morgan fingerprint density at radius 3 is 2.27 bits per heavy atom. The molecule has 0 bridgehead atoms. The molecule has 1 N–H and O–H groups in total. The van der Waals surface area contributed by atoms with Gasteiger partial charge in [-0.15, -0.1) is 0 Å². The van der Waals surface area contributed by atoms with Crippen LogP contribution in [0.25, 0.3) is 0 Å². The van der Waals surface area contributed by atoms with Gasteiger partial charge < -0.3 is 10.1 Å². The van der Waals surface area contributed by atoms with Crippen molar-refractivity contribution >= 4 is 21.5 Å². The predicted octanol–water partition coefficient (Wildman–Crippen LogP) is 3.77. The van der Waals surface area contributed by atoms with Crippen molar-refractivity contribution in [3.63, 3.8) is 0 Å². The molecule has 0 aliphatic rings. The first-order chi connectivity index (χ1) is 12.3. The van der Waals surface area contributed by atoms with Gasteiger partial charge in [0.25, 0.3) is 0 Å². The van der Waals surface area contributed by atoms with Crippen LogP contribution in [0.2, 0.25) is 0 Å². The first kappa shape index (κ1) is 19.7. The van der Waals surface area contributed by atoms with Crippen molar-refractivity contribution in [1.82, 2.24) is 0 Å². The van der Waals surface area contributed by atoms with Crippen LogP contribution in [0.4, 0.5) is 5.69 Å². The molecule has 6 heteroatoms. The summed E-state index contributed by atoms with van der Waals surface area (Å²) in [4.78, 5) is 11.7. The minimum Gasteiger partial charge on any atom is -0.465 e. The Kier molecular flexibility index (Phi) is 6.21. The fourth-order valence-corrected chi connectivity index (χ4v) is 3.69. The monoisotopic (exact) mass is 373 g/mol. The Morgan fingerprint density at radius 2 is 1.73 bits per heavy atom. The number of methoxy groups -OCH3 is 1. The zero-order chi connectivity index (χ0) is 19.3. The highest BCUT2D eigenvalue weighted by atomic mass is 32.2. The Labute approximate surface area is 154 Å². The Hall–Kier alpha value is -2.60. The average molecular weight is 373 g/mol. The number of hydrogen-bond acceptors (Lipinski definition) is 5.